The lowest BCUT2D eigenvalue weighted by Crippen LogP contribution is -2.48. The van der Waals surface area contributed by atoms with Gasteiger partial charge in [0.1, 0.15) is 18.2 Å². The van der Waals surface area contributed by atoms with Crippen LogP contribution in [0.1, 0.15) is 12.2 Å². The Hall–Kier alpha value is -2.65. The maximum atomic E-state index is 11.5. The van der Waals surface area contributed by atoms with Crippen LogP contribution in [-0.4, -0.2) is 50.4 Å². The maximum Gasteiger partial charge on any atom is 0.326 e. The van der Waals surface area contributed by atoms with Gasteiger partial charge in [0.2, 0.25) is 5.91 Å². The van der Waals surface area contributed by atoms with Crippen LogP contribution in [0.3, 0.4) is 0 Å². The van der Waals surface area contributed by atoms with Crippen molar-refractivity contribution in [1.29, 1.82) is 0 Å². The fraction of sp³-hybridized carbons (Fsp3) is 0.500. The van der Waals surface area contributed by atoms with Gasteiger partial charge in [0, 0.05) is 20.0 Å². The molecule has 1 rings (SSSR count). The molecular weight excluding hydrogens is 268 g/mol. The van der Waals surface area contributed by atoms with Gasteiger partial charge in [-0.3, -0.25) is 4.79 Å². The monoisotopic (exact) mass is 284 g/mol. The molecule has 0 unspecified atom stereocenters. The molecule has 1 heterocycles. The predicted molar refractivity (Wildman–Crippen MR) is 66.5 cm³/mol. The summed E-state index contributed by atoms with van der Waals surface area (Å²) in [5, 5.41) is 20.9. The van der Waals surface area contributed by atoms with Gasteiger partial charge in [0.15, 0.2) is 0 Å². The van der Waals surface area contributed by atoms with Crippen molar-refractivity contribution in [2.75, 3.05) is 6.54 Å². The van der Waals surface area contributed by atoms with Gasteiger partial charge in [-0.1, -0.05) is 0 Å². The third kappa shape index (κ3) is 4.92. The van der Waals surface area contributed by atoms with Crippen molar-refractivity contribution in [2.24, 2.45) is 12.8 Å². The number of aryl methyl sites for hydroxylation is 1. The fourth-order valence-corrected chi connectivity index (χ4v) is 1.43. The molecule has 0 bridgehead atoms. The van der Waals surface area contributed by atoms with Gasteiger partial charge in [-0.2, -0.15) is 0 Å². The molecule has 1 aromatic rings. The van der Waals surface area contributed by atoms with Crippen LogP contribution in [0.4, 0.5) is 4.79 Å². The summed E-state index contributed by atoms with van der Waals surface area (Å²) in [7, 11) is 1.77. The molecule has 0 aliphatic heterocycles. The first-order valence-corrected chi connectivity index (χ1v) is 5.78. The molecular formula is C10H16N6O4. The zero-order valence-corrected chi connectivity index (χ0v) is 10.9. The van der Waals surface area contributed by atoms with Crippen LogP contribution in [-0.2, 0) is 23.1 Å². The third-order valence-corrected chi connectivity index (χ3v) is 2.45. The molecule has 10 nitrogen and oxygen atoms in total. The highest BCUT2D eigenvalue weighted by molar-refractivity contribution is 5.87. The minimum Gasteiger partial charge on any atom is -0.480 e. The lowest BCUT2D eigenvalue weighted by atomic mass is 10.2. The first kappa shape index (κ1) is 15.4. The summed E-state index contributed by atoms with van der Waals surface area (Å²) in [4.78, 5) is 32.9. The second-order valence-corrected chi connectivity index (χ2v) is 4.07. The van der Waals surface area contributed by atoms with E-state index in [1.165, 1.54) is 6.33 Å². The molecule has 0 saturated carbocycles. The molecule has 0 aliphatic carbocycles. The van der Waals surface area contributed by atoms with Gasteiger partial charge in [0.05, 0.1) is 6.42 Å². The Labute approximate surface area is 114 Å². The number of aliphatic carboxylic acids is 1. The summed E-state index contributed by atoms with van der Waals surface area (Å²) in [6.45, 7) is 0.251. The van der Waals surface area contributed by atoms with Crippen molar-refractivity contribution in [1.82, 2.24) is 25.4 Å². The van der Waals surface area contributed by atoms with Crippen molar-refractivity contribution in [2.45, 2.75) is 18.9 Å². The van der Waals surface area contributed by atoms with Crippen LogP contribution in [0.15, 0.2) is 6.33 Å². The quantitative estimate of drug-likeness (QED) is 0.453. The number of hydrogen-bond acceptors (Lipinski definition) is 5. The minimum absolute atomic E-state index is 0.251. The first-order chi connectivity index (χ1) is 9.40. The third-order valence-electron chi connectivity index (χ3n) is 2.45. The SMILES string of the molecule is Cn1cnnc1CCNC(=O)N[C@@H](CC(N)=O)C(=O)O. The Morgan fingerprint density at radius 1 is 1.50 bits per heavy atom. The molecule has 5 N–H and O–H groups in total. The highest BCUT2D eigenvalue weighted by atomic mass is 16.4. The summed E-state index contributed by atoms with van der Waals surface area (Å²) in [5.74, 6) is -1.46. The summed E-state index contributed by atoms with van der Waals surface area (Å²) in [6, 6.07) is -2.04. The Balaban J connectivity index is 2.36. The van der Waals surface area contributed by atoms with E-state index >= 15 is 0 Å². The molecule has 3 amide bonds. The van der Waals surface area contributed by atoms with E-state index in [4.69, 9.17) is 10.8 Å². The van der Waals surface area contributed by atoms with Gasteiger partial charge in [-0.15, -0.1) is 10.2 Å². The number of carbonyl (C=O) groups excluding carboxylic acids is 2. The second kappa shape index (κ2) is 7.07. The van der Waals surface area contributed by atoms with E-state index in [9.17, 15) is 14.4 Å². The number of rotatable bonds is 7. The molecule has 0 aromatic carbocycles. The summed E-state index contributed by atoms with van der Waals surface area (Å²) >= 11 is 0. The maximum absolute atomic E-state index is 11.5. The van der Waals surface area contributed by atoms with Gasteiger partial charge in [-0.25, -0.2) is 9.59 Å². The van der Waals surface area contributed by atoms with E-state index in [-0.39, 0.29) is 6.54 Å². The van der Waals surface area contributed by atoms with Crippen LogP contribution >= 0.6 is 0 Å². The zero-order chi connectivity index (χ0) is 15.1. The van der Waals surface area contributed by atoms with Gasteiger partial charge in [-0.05, 0) is 0 Å². The fourth-order valence-electron chi connectivity index (χ4n) is 1.43. The number of carboxylic acids is 1. The number of carbonyl (C=O) groups is 3. The summed E-state index contributed by atoms with van der Waals surface area (Å²) < 4.78 is 1.70. The normalized spacial score (nSPS) is 11.7. The molecule has 20 heavy (non-hydrogen) atoms. The lowest BCUT2D eigenvalue weighted by molar-refractivity contribution is -0.140. The van der Waals surface area contributed by atoms with Gasteiger partial charge < -0.3 is 26.0 Å². The van der Waals surface area contributed by atoms with Crippen LogP contribution in [0, 0.1) is 0 Å². The van der Waals surface area contributed by atoms with Crippen LogP contribution < -0.4 is 16.4 Å². The number of nitrogens with zero attached hydrogens (tertiary/aromatic N) is 3. The highest BCUT2D eigenvalue weighted by Gasteiger charge is 2.21. The number of aromatic nitrogens is 3. The standard InChI is InChI=1S/C10H16N6O4/c1-16-5-13-15-8(16)2-3-12-10(20)14-6(9(18)19)4-7(11)17/h5-6H,2-4H2,1H3,(H2,11,17)(H,18,19)(H2,12,14,20)/t6-/m0/s1. The highest BCUT2D eigenvalue weighted by Crippen LogP contribution is 1.93. The van der Waals surface area contributed by atoms with E-state index in [0.717, 1.165) is 0 Å². The lowest BCUT2D eigenvalue weighted by Gasteiger charge is -2.13. The van der Waals surface area contributed by atoms with Gasteiger partial charge >= 0.3 is 12.0 Å². The molecule has 0 spiro atoms. The Morgan fingerprint density at radius 2 is 2.20 bits per heavy atom. The smallest absolute Gasteiger partial charge is 0.326 e. The van der Waals surface area contributed by atoms with E-state index in [1.807, 2.05) is 0 Å². The second-order valence-electron chi connectivity index (χ2n) is 4.07. The van der Waals surface area contributed by atoms with Crippen molar-refractivity contribution in [3.8, 4) is 0 Å². The number of hydrogen-bond donors (Lipinski definition) is 4. The zero-order valence-electron chi connectivity index (χ0n) is 10.9. The molecule has 0 fully saturated rings. The molecule has 0 radical (unpaired) electrons. The number of nitrogens with one attached hydrogen (secondary N) is 2. The molecule has 110 valence electrons. The Bertz CT molecular complexity index is 500. The average molecular weight is 284 g/mol. The number of amides is 3. The summed E-state index contributed by atoms with van der Waals surface area (Å²) in [6.07, 6.45) is 1.51. The van der Waals surface area contributed by atoms with Crippen LogP contribution in [0.25, 0.3) is 0 Å². The van der Waals surface area contributed by atoms with Crippen molar-refractivity contribution >= 4 is 17.9 Å². The number of nitrogens with two attached hydrogens (primary N) is 1. The average Bonchev–Trinajstić information content (AvgIpc) is 2.73. The topological polar surface area (TPSA) is 152 Å². The van der Waals surface area contributed by atoms with E-state index in [2.05, 4.69) is 20.8 Å². The number of carboxylic acid groups (broad SMARTS) is 1. The van der Waals surface area contributed by atoms with Crippen LogP contribution in [0.5, 0.6) is 0 Å². The van der Waals surface area contributed by atoms with Crippen molar-refractivity contribution in [3.63, 3.8) is 0 Å². The van der Waals surface area contributed by atoms with Crippen molar-refractivity contribution < 1.29 is 19.5 Å². The molecule has 0 aliphatic rings. The Morgan fingerprint density at radius 3 is 2.70 bits per heavy atom. The van der Waals surface area contributed by atoms with E-state index < -0.39 is 30.4 Å². The van der Waals surface area contributed by atoms with E-state index in [0.29, 0.717) is 12.2 Å². The van der Waals surface area contributed by atoms with Crippen LogP contribution in [0.2, 0.25) is 0 Å². The number of primary amides is 1. The predicted octanol–water partition coefficient (Wildman–Crippen LogP) is -2.01. The van der Waals surface area contributed by atoms with E-state index in [1.54, 1.807) is 11.6 Å². The molecule has 1 aromatic heterocycles. The number of urea groups is 1. The minimum atomic E-state index is -1.35. The van der Waals surface area contributed by atoms with Gasteiger partial charge in [0.25, 0.3) is 0 Å². The van der Waals surface area contributed by atoms with Crippen molar-refractivity contribution in [3.05, 3.63) is 12.2 Å². The first-order valence-electron chi connectivity index (χ1n) is 5.78. The largest absolute Gasteiger partial charge is 0.480 e. The molecule has 0 saturated heterocycles. The summed E-state index contributed by atoms with van der Waals surface area (Å²) in [5.41, 5.74) is 4.90. The Kier molecular flexibility index (Phi) is 5.44. The molecule has 10 heteroatoms. The molecule has 1 atom stereocenters.